The molecule has 2 heteroatoms. The van der Waals surface area contributed by atoms with Crippen LogP contribution in [-0.2, 0) is 19.5 Å². The van der Waals surface area contributed by atoms with Crippen LogP contribution in [0.25, 0.3) is 0 Å². The molecule has 4 aromatic rings. The number of benzene rings is 4. The normalized spacial score (nSPS) is 10.8. The summed E-state index contributed by atoms with van der Waals surface area (Å²) in [7, 11) is -1.91. The Kier molecular flexibility index (Phi) is 6.15. The Morgan fingerprint density at radius 1 is 0.308 bits per heavy atom. The first-order valence-corrected chi connectivity index (χ1v) is 10.3. The summed E-state index contributed by atoms with van der Waals surface area (Å²) in [5.74, 6) is 0. The molecular weight excluding hydrogens is 420 g/mol. The monoisotopic (exact) mass is 441 g/mol. The summed E-state index contributed by atoms with van der Waals surface area (Å²) in [5, 5.41) is 5.55. The van der Waals surface area contributed by atoms with E-state index < -0.39 is 7.26 Å². The van der Waals surface area contributed by atoms with E-state index in [-0.39, 0.29) is 19.5 Å². The first-order chi connectivity index (χ1) is 12.4. The van der Waals surface area contributed by atoms with Crippen molar-refractivity contribution in [3.05, 3.63) is 121 Å². The maximum Gasteiger partial charge on any atom is 0.144 e. The molecule has 4 rings (SSSR count). The standard InChI is InChI=1S/C24H20P.Ru/c1-5-13-21(14-6-1)25(22-15-7-2-8-16-22,23-17-9-3-10-18-23)24-19-11-4-12-20-24;/h1-20H;/q+1;. The SMILES string of the molecule is [Ru].c1ccc([P+](c2ccccc2)(c2ccccc2)c2ccccc2)cc1. The van der Waals surface area contributed by atoms with Gasteiger partial charge in [0.05, 0.1) is 0 Å². The summed E-state index contributed by atoms with van der Waals surface area (Å²) >= 11 is 0. The molecule has 0 spiro atoms. The Morgan fingerprint density at radius 2 is 0.500 bits per heavy atom. The molecule has 0 heterocycles. The van der Waals surface area contributed by atoms with Crippen LogP contribution in [-0.4, -0.2) is 0 Å². The third-order valence-corrected chi connectivity index (χ3v) is 8.86. The molecule has 0 bridgehead atoms. The maximum absolute atomic E-state index is 2.28. The van der Waals surface area contributed by atoms with E-state index in [1.165, 1.54) is 21.2 Å². The molecule has 0 aliphatic rings. The molecular formula is C24H20PRu+. The molecule has 0 atom stereocenters. The molecule has 0 saturated carbocycles. The van der Waals surface area contributed by atoms with Gasteiger partial charge in [0.1, 0.15) is 28.5 Å². The zero-order valence-electron chi connectivity index (χ0n) is 14.3. The fourth-order valence-electron chi connectivity index (χ4n) is 3.50. The van der Waals surface area contributed by atoms with E-state index >= 15 is 0 Å². The maximum atomic E-state index is 2.28. The van der Waals surface area contributed by atoms with Crippen molar-refractivity contribution in [2.75, 3.05) is 0 Å². The number of hydrogen-bond acceptors (Lipinski definition) is 0. The van der Waals surface area contributed by atoms with Crippen LogP contribution < -0.4 is 21.2 Å². The number of hydrogen-bond donors (Lipinski definition) is 0. The molecule has 128 valence electrons. The second kappa shape index (κ2) is 8.54. The summed E-state index contributed by atoms with van der Waals surface area (Å²) in [5.41, 5.74) is 0. The van der Waals surface area contributed by atoms with Crippen LogP contribution >= 0.6 is 7.26 Å². The average molecular weight is 440 g/mol. The van der Waals surface area contributed by atoms with Crippen molar-refractivity contribution in [2.45, 2.75) is 0 Å². The van der Waals surface area contributed by atoms with Crippen molar-refractivity contribution in [3.8, 4) is 0 Å². The van der Waals surface area contributed by atoms with Crippen molar-refractivity contribution >= 4 is 28.5 Å². The molecule has 0 aromatic heterocycles. The van der Waals surface area contributed by atoms with Gasteiger partial charge in [-0.3, -0.25) is 0 Å². The van der Waals surface area contributed by atoms with E-state index in [2.05, 4.69) is 121 Å². The fourth-order valence-corrected chi connectivity index (χ4v) is 7.77. The first-order valence-electron chi connectivity index (χ1n) is 8.54. The number of rotatable bonds is 4. The predicted molar refractivity (Wildman–Crippen MR) is 111 cm³/mol. The van der Waals surface area contributed by atoms with Gasteiger partial charge in [-0.2, -0.15) is 0 Å². The molecule has 26 heavy (non-hydrogen) atoms. The Balaban J connectivity index is 0.00000196. The molecule has 0 N–H and O–H groups in total. The fraction of sp³-hybridized carbons (Fsp3) is 0. The van der Waals surface area contributed by atoms with Crippen molar-refractivity contribution in [3.63, 3.8) is 0 Å². The first kappa shape index (κ1) is 18.7. The van der Waals surface area contributed by atoms with Crippen LogP contribution in [0.4, 0.5) is 0 Å². The van der Waals surface area contributed by atoms with Crippen LogP contribution in [0, 0.1) is 0 Å². The minimum atomic E-state index is -1.91. The van der Waals surface area contributed by atoms with E-state index in [9.17, 15) is 0 Å². The topological polar surface area (TPSA) is 0 Å². The van der Waals surface area contributed by atoms with Crippen LogP contribution in [0.15, 0.2) is 121 Å². The smallest absolute Gasteiger partial charge is 0.0620 e. The minimum Gasteiger partial charge on any atom is -0.0620 e. The van der Waals surface area contributed by atoms with Crippen LogP contribution in [0.3, 0.4) is 0 Å². The zero-order valence-corrected chi connectivity index (χ0v) is 17.0. The second-order valence-electron chi connectivity index (χ2n) is 6.01. The Morgan fingerprint density at radius 3 is 0.692 bits per heavy atom. The van der Waals surface area contributed by atoms with Gasteiger partial charge in [-0.1, -0.05) is 72.8 Å². The minimum absolute atomic E-state index is 0. The Bertz CT molecular complexity index is 759. The van der Waals surface area contributed by atoms with Gasteiger partial charge in [0.25, 0.3) is 0 Å². The van der Waals surface area contributed by atoms with Gasteiger partial charge in [-0.15, -0.1) is 0 Å². The summed E-state index contributed by atoms with van der Waals surface area (Å²) in [6.45, 7) is 0. The molecule has 0 radical (unpaired) electrons. The summed E-state index contributed by atoms with van der Waals surface area (Å²) < 4.78 is 0. The molecule has 4 aromatic carbocycles. The molecule has 0 amide bonds. The molecule has 0 saturated heterocycles. The van der Waals surface area contributed by atoms with Crippen molar-refractivity contribution in [1.29, 1.82) is 0 Å². The molecule has 0 fully saturated rings. The molecule has 0 unspecified atom stereocenters. The van der Waals surface area contributed by atoms with Gasteiger partial charge in [0, 0.05) is 19.5 Å². The van der Waals surface area contributed by atoms with Gasteiger partial charge in [0.2, 0.25) is 0 Å². The van der Waals surface area contributed by atoms with E-state index in [4.69, 9.17) is 0 Å². The van der Waals surface area contributed by atoms with Gasteiger partial charge in [-0.05, 0) is 48.5 Å². The quantitative estimate of drug-likeness (QED) is 0.328. The van der Waals surface area contributed by atoms with Crippen molar-refractivity contribution in [2.24, 2.45) is 0 Å². The van der Waals surface area contributed by atoms with E-state index in [1.54, 1.807) is 0 Å². The average Bonchev–Trinajstić information content (AvgIpc) is 2.72. The third kappa shape index (κ3) is 3.30. The largest absolute Gasteiger partial charge is 0.144 e. The van der Waals surface area contributed by atoms with Gasteiger partial charge in [0.15, 0.2) is 0 Å². The van der Waals surface area contributed by atoms with Gasteiger partial charge >= 0.3 is 0 Å². The summed E-state index contributed by atoms with van der Waals surface area (Å²) in [4.78, 5) is 0. The van der Waals surface area contributed by atoms with Gasteiger partial charge < -0.3 is 0 Å². The molecule has 0 nitrogen and oxygen atoms in total. The van der Waals surface area contributed by atoms with Crippen LogP contribution in [0.5, 0.6) is 0 Å². The van der Waals surface area contributed by atoms with E-state index in [1.807, 2.05) is 0 Å². The summed E-state index contributed by atoms with van der Waals surface area (Å²) in [6.07, 6.45) is 0. The molecule has 0 aliphatic carbocycles. The Labute approximate surface area is 169 Å². The van der Waals surface area contributed by atoms with E-state index in [0.717, 1.165) is 0 Å². The van der Waals surface area contributed by atoms with Crippen LogP contribution in [0.2, 0.25) is 0 Å². The van der Waals surface area contributed by atoms with E-state index in [0.29, 0.717) is 0 Å². The molecule has 0 aliphatic heterocycles. The Hall–Kier alpha value is -2.07. The third-order valence-electron chi connectivity index (χ3n) is 4.57. The van der Waals surface area contributed by atoms with Gasteiger partial charge in [-0.25, -0.2) is 0 Å². The van der Waals surface area contributed by atoms with Crippen LogP contribution in [0.1, 0.15) is 0 Å². The zero-order chi connectivity index (χ0) is 17.0. The van der Waals surface area contributed by atoms with Crippen molar-refractivity contribution in [1.82, 2.24) is 0 Å². The predicted octanol–water partition coefficient (Wildman–Crippen LogP) is 4.30. The van der Waals surface area contributed by atoms with Crippen molar-refractivity contribution < 1.29 is 19.5 Å². The second-order valence-corrected chi connectivity index (χ2v) is 9.42. The summed E-state index contributed by atoms with van der Waals surface area (Å²) in [6, 6.07) is 43.8.